The number of ether oxygens (including phenoxy) is 2. The first-order chi connectivity index (χ1) is 13.6. The van der Waals surface area contributed by atoms with Gasteiger partial charge < -0.3 is 9.47 Å². The van der Waals surface area contributed by atoms with Gasteiger partial charge in [0.2, 0.25) is 0 Å². The van der Waals surface area contributed by atoms with E-state index >= 15 is 0 Å². The maximum atomic E-state index is 12.6. The molecule has 1 aliphatic carbocycles. The number of para-hydroxylation sites is 1. The summed E-state index contributed by atoms with van der Waals surface area (Å²) < 4.78 is 49.0. The van der Waals surface area contributed by atoms with E-state index < -0.39 is 28.5 Å². The molecule has 3 nitrogen and oxygen atoms in total. The first-order valence-electron chi connectivity index (χ1n) is 9.03. The molecule has 2 atom stereocenters. The largest absolute Gasteiger partial charge is 0.462 e. The highest BCUT2D eigenvalue weighted by Crippen LogP contribution is 2.60. The Labute approximate surface area is 172 Å². The molecule has 2 aromatic rings. The van der Waals surface area contributed by atoms with Crippen molar-refractivity contribution >= 4 is 17.6 Å². The molecule has 154 valence electrons. The van der Waals surface area contributed by atoms with Gasteiger partial charge >= 0.3 is 12.1 Å². The maximum absolute atomic E-state index is 12.6. The number of hydrogen-bond acceptors (Lipinski definition) is 3. The lowest BCUT2D eigenvalue weighted by molar-refractivity contribution is -0.0848. The van der Waals surface area contributed by atoms with Crippen molar-refractivity contribution in [1.29, 1.82) is 0 Å². The number of allylic oxidation sites excluding steroid dienone is 2. The molecule has 1 aliphatic rings. The van der Waals surface area contributed by atoms with Crippen molar-refractivity contribution in [2.75, 3.05) is 6.61 Å². The van der Waals surface area contributed by atoms with Crippen LogP contribution < -0.4 is 4.74 Å². The second-order valence-corrected chi connectivity index (χ2v) is 7.91. The molecule has 0 radical (unpaired) electrons. The molecule has 0 N–H and O–H groups in total. The van der Waals surface area contributed by atoms with E-state index in [2.05, 4.69) is 0 Å². The van der Waals surface area contributed by atoms with Crippen molar-refractivity contribution < 1.29 is 27.4 Å². The molecule has 1 fully saturated rings. The monoisotopic (exact) mass is 424 g/mol. The molecular formula is C22H20ClF3O3. The van der Waals surface area contributed by atoms with Crippen LogP contribution >= 0.6 is 11.6 Å². The molecule has 0 bridgehead atoms. The average Bonchev–Trinajstić information content (AvgIpc) is 3.18. The molecule has 29 heavy (non-hydrogen) atoms. The molecule has 0 spiro atoms. The average molecular weight is 425 g/mol. The van der Waals surface area contributed by atoms with Crippen molar-refractivity contribution in [3.05, 3.63) is 71.3 Å². The number of halogens is 4. The molecule has 2 aromatic carbocycles. The van der Waals surface area contributed by atoms with Crippen LogP contribution in [0.4, 0.5) is 13.2 Å². The normalized spacial score (nSPS) is 20.8. The zero-order valence-electron chi connectivity index (χ0n) is 15.9. The Balaban J connectivity index is 1.61. The lowest BCUT2D eigenvalue weighted by atomic mass is 10.1. The van der Waals surface area contributed by atoms with Crippen LogP contribution in [0, 0.1) is 17.3 Å². The summed E-state index contributed by atoms with van der Waals surface area (Å²) in [6, 6.07) is 15.7. The van der Waals surface area contributed by atoms with Crippen LogP contribution in [-0.2, 0) is 4.74 Å². The van der Waals surface area contributed by atoms with E-state index in [9.17, 15) is 18.0 Å². The summed E-state index contributed by atoms with van der Waals surface area (Å²) in [4.78, 5) is 12.4. The summed E-state index contributed by atoms with van der Waals surface area (Å²) in [5, 5.41) is -1.14. The Morgan fingerprint density at radius 1 is 1.10 bits per heavy atom. The molecule has 3 rings (SSSR count). The van der Waals surface area contributed by atoms with Crippen LogP contribution in [-0.4, -0.2) is 18.8 Å². The SMILES string of the molecule is CC1(C)C(/C=C(\Cl)C(F)(F)F)C1COC(=O)c1cccc(Oc2ccccc2)c1. The van der Waals surface area contributed by atoms with E-state index in [0.29, 0.717) is 17.1 Å². The first kappa shape index (κ1) is 21.2. The Kier molecular flexibility index (Phi) is 5.94. The molecule has 0 heterocycles. The predicted octanol–water partition coefficient (Wildman–Crippen LogP) is 6.59. The number of benzene rings is 2. The van der Waals surface area contributed by atoms with Gasteiger partial charge in [0.1, 0.15) is 16.5 Å². The van der Waals surface area contributed by atoms with Gasteiger partial charge in [-0.2, -0.15) is 13.2 Å². The van der Waals surface area contributed by atoms with E-state index in [4.69, 9.17) is 21.1 Å². The smallest absolute Gasteiger partial charge is 0.426 e. The van der Waals surface area contributed by atoms with E-state index in [1.165, 1.54) is 0 Å². The van der Waals surface area contributed by atoms with E-state index in [0.717, 1.165) is 6.08 Å². The van der Waals surface area contributed by atoms with Gasteiger partial charge in [-0.25, -0.2) is 4.79 Å². The van der Waals surface area contributed by atoms with Gasteiger partial charge in [-0.15, -0.1) is 0 Å². The van der Waals surface area contributed by atoms with Gasteiger partial charge in [0.25, 0.3) is 0 Å². The van der Waals surface area contributed by atoms with Crippen molar-refractivity contribution in [3.8, 4) is 11.5 Å². The summed E-state index contributed by atoms with van der Waals surface area (Å²) >= 11 is 5.34. The number of alkyl halides is 3. The third kappa shape index (κ3) is 5.12. The lowest BCUT2D eigenvalue weighted by Crippen LogP contribution is -2.10. The Bertz CT molecular complexity index is 907. The van der Waals surface area contributed by atoms with Crippen molar-refractivity contribution in [2.24, 2.45) is 17.3 Å². The van der Waals surface area contributed by atoms with Crippen molar-refractivity contribution in [2.45, 2.75) is 20.0 Å². The maximum Gasteiger partial charge on any atom is 0.426 e. The van der Waals surface area contributed by atoms with Gasteiger partial charge in [0.05, 0.1) is 12.2 Å². The van der Waals surface area contributed by atoms with Gasteiger partial charge in [0, 0.05) is 5.92 Å². The number of esters is 1. The molecule has 1 saturated carbocycles. The molecule has 0 aliphatic heterocycles. The van der Waals surface area contributed by atoms with E-state index in [1.54, 1.807) is 36.4 Å². The summed E-state index contributed by atoms with van der Waals surface area (Å²) in [6.45, 7) is 3.65. The predicted molar refractivity (Wildman–Crippen MR) is 104 cm³/mol. The third-order valence-corrected chi connectivity index (χ3v) is 5.52. The van der Waals surface area contributed by atoms with Gasteiger partial charge in [-0.3, -0.25) is 0 Å². The Morgan fingerprint density at radius 3 is 2.41 bits per heavy atom. The van der Waals surface area contributed by atoms with Crippen LogP contribution in [0.2, 0.25) is 0 Å². The van der Waals surface area contributed by atoms with Crippen LogP contribution in [0.1, 0.15) is 24.2 Å². The highest BCUT2D eigenvalue weighted by molar-refractivity contribution is 6.30. The minimum Gasteiger partial charge on any atom is -0.462 e. The molecule has 0 saturated heterocycles. The molecule has 0 aromatic heterocycles. The molecule has 2 unspecified atom stereocenters. The standard InChI is InChI=1S/C22H20ClF3O3/c1-21(2)17(12-19(23)22(24,25)26)18(21)13-28-20(27)14-7-6-10-16(11-14)29-15-8-4-3-5-9-15/h3-12,17-18H,13H2,1-2H3/b19-12-. The van der Waals surface area contributed by atoms with Crippen molar-refractivity contribution in [3.63, 3.8) is 0 Å². The minimum absolute atomic E-state index is 0.0127. The number of carbonyl (C=O) groups excluding carboxylic acids is 1. The lowest BCUT2D eigenvalue weighted by Gasteiger charge is -2.08. The first-order valence-corrected chi connectivity index (χ1v) is 9.41. The number of carbonyl (C=O) groups is 1. The molecular weight excluding hydrogens is 405 g/mol. The fourth-order valence-corrected chi connectivity index (χ4v) is 3.38. The van der Waals surface area contributed by atoms with Crippen molar-refractivity contribution in [1.82, 2.24) is 0 Å². The van der Waals surface area contributed by atoms with E-state index in [-0.39, 0.29) is 12.5 Å². The Hall–Kier alpha value is -2.47. The number of hydrogen-bond donors (Lipinski definition) is 0. The van der Waals surface area contributed by atoms with Crippen LogP contribution in [0.25, 0.3) is 0 Å². The summed E-state index contributed by atoms with van der Waals surface area (Å²) in [7, 11) is 0. The quantitative estimate of drug-likeness (QED) is 0.490. The van der Waals surface area contributed by atoms with Gasteiger partial charge in [0.15, 0.2) is 0 Å². The topological polar surface area (TPSA) is 35.5 Å². The van der Waals surface area contributed by atoms with Crippen LogP contribution in [0.3, 0.4) is 0 Å². The summed E-state index contributed by atoms with van der Waals surface area (Å²) in [6.07, 6.45) is -3.56. The molecule has 0 amide bonds. The second kappa shape index (κ2) is 8.11. The Morgan fingerprint density at radius 2 is 1.76 bits per heavy atom. The number of rotatable bonds is 6. The summed E-state index contributed by atoms with van der Waals surface area (Å²) in [5.74, 6) is -0.0802. The molecule has 7 heteroatoms. The summed E-state index contributed by atoms with van der Waals surface area (Å²) in [5.41, 5.74) is -0.124. The van der Waals surface area contributed by atoms with Gasteiger partial charge in [-0.1, -0.05) is 55.8 Å². The van der Waals surface area contributed by atoms with Gasteiger partial charge in [-0.05, 0) is 41.7 Å². The fourth-order valence-electron chi connectivity index (χ4n) is 3.25. The zero-order valence-corrected chi connectivity index (χ0v) is 16.6. The highest BCUT2D eigenvalue weighted by atomic mass is 35.5. The van der Waals surface area contributed by atoms with Crippen LogP contribution in [0.5, 0.6) is 11.5 Å². The second-order valence-electron chi connectivity index (χ2n) is 7.51. The fraction of sp³-hybridized carbons (Fsp3) is 0.318. The van der Waals surface area contributed by atoms with E-state index in [1.807, 2.05) is 32.0 Å². The third-order valence-electron chi connectivity index (χ3n) is 5.18. The highest BCUT2D eigenvalue weighted by Gasteiger charge is 2.57. The minimum atomic E-state index is -4.57. The van der Waals surface area contributed by atoms with Crippen LogP contribution in [0.15, 0.2) is 65.7 Å². The zero-order chi connectivity index (χ0) is 21.2.